The molecule has 0 unspecified atom stereocenters. The van der Waals surface area contributed by atoms with Crippen LogP contribution >= 0.6 is 15.9 Å². The highest BCUT2D eigenvalue weighted by atomic mass is 79.9. The van der Waals surface area contributed by atoms with Crippen LogP contribution in [0.2, 0.25) is 0 Å². The molecule has 0 bridgehead atoms. The van der Waals surface area contributed by atoms with Gasteiger partial charge in [0.2, 0.25) is 0 Å². The van der Waals surface area contributed by atoms with Crippen LogP contribution in [0.3, 0.4) is 0 Å². The van der Waals surface area contributed by atoms with E-state index in [1.165, 1.54) is 48.2 Å². The van der Waals surface area contributed by atoms with Crippen LogP contribution in [-0.4, -0.2) is 27.8 Å². The van der Waals surface area contributed by atoms with Gasteiger partial charge in [0.1, 0.15) is 0 Å². The maximum absolute atomic E-state index is 4.59. The van der Waals surface area contributed by atoms with Crippen molar-refractivity contribution < 1.29 is 0 Å². The van der Waals surface area contributed by atoms with E-state index in [0.717, 1.165) is 13.0 Å². The Morgan fingerprint density at radius 3 is 2.42 bits per heavy atom. The van der Waals surface area contributed by atoms with Gasteiger partial charge in [-0.25, -0.2) is 0 Å². The predicted octanol–water partition coefficient (Wildman–Crippen LogP) is 3.76. The van der Waals surface area contributed by atoms with E-state index in [2.05, 4.69) is 53.7 Å². The number of rotatable bonds is 5. The summed E-state index contributed by atoms with van der Waals surface area (Å²) in [7, 11) is 2.06. The van der Waals surface area contributed by atoms with Gasteiger partial charge < -0.3 is 0 Å². The third kappa shape index (κ3) is 2.89. The van der Waals surface area contributed by atoms with Gasteiger partial charge in [0, 0.05) is 20.1 Å². The van der Waals surface area contributed by atoms with Crippen LogP contribution in [0.25, 0.3) is 0 Å². The van der Waals surface area contributed by atoms with Crippen LogP contribution in [0.4, 0.5) is 0 Å². The van der Waals surface area contributed by atoms with Crippen LogP contribution in [0, 0.1) is 5.41 Å². The Hall–Kier alpha value is -0.350. The van der Waals surface area contributed by atoms with Crippen molar-refractivity contribution in [2.45, 2.75) is 53.0 Å². The molecular weight excluding hydrogens is 302 g/mol. The van der Waals surface area contributed by atoms with Crippen molar-refractivity contribution >= 4 is 15.9 Å². The Balaban J connectivity index is 2.09. The molecule has 1 aliphatic rings. The quantitative estimate of drug-likeness (QED) is 0.821. The largest absolute Gasteiger partial charge is 0.297 e. The summed E-state index contributed by atoms with van der Waals surface area (Å²) in [6.07, 6.45) is 4.93. The molecule has 0 atom stereocenters. The van der Waals surface area contributed by atoms with E-state index < -0.39 is 0 Å². The first kappa shape index (κ1) is 15.0. The smallest absolute Gasteiger partial charge is 0.0767 e. The van der Waals surface area contributed by atoms with Crippen molar-refractivity contribution in [3.63, 3.8) is 0 Å². The second-order valence-electron chi connectivity index (χ2n) is 5.85. The van der Waals surface area contributed by atoms with Crippen LogP contribution < -0.4 is 0 Å². The predicted molar refractivity (Wildman–Crippen MR) is 83.2 cm³/mol. The first-order valence-electron chi connectivity index (χ1n) is 7.47. The molecule has 0 radical (unpaired) electrons. The highest BCUT2D eigenvalue weighted by Gasteiger charge is 2.35. The minimum Gasteiger partial charge on any atom is -0.297 e. The maximum atomic E-state index is 4.59. The molecule has 1 saturated heterocycles. The van der Waals surface area contributed by atoms with Gasteiger partial charge in [-0.3, -0.25) is 9.58 Å². The molecule has 2 rings (SSSR count). The van der Waals surface area contributed by atoms with E-state index in [9.17, 15) is 0 Å². The third-order valence-corrected chi connectivity index (χ3v) is 5.81. The fourth-order valence-electron chi connectivity index (χ4n) is 3.19. The third-order valence-electron chi connectivity index (χ3n) is 4.89. The highest BCUT2D eigenvalue weighted by Crippen LogP contribution is 2.38. The lowest BCUT2D eigenvalue weighted by molar-refractivity contribution is 0.233. The average Bonchev–Trinajstić information content (AvgIpc) is 2.95. The molecule has 19 heavy (non-hydrogen) atoms. The molecule has 108 valence electrons. The first-order valence-corrected chi connectivity index (χ1v) is 8.27. The van der Waals surface area contributed by atoms with E-state index in [4.69, 9.17) is 0 Å². The zero-order chi connectivity index (χ0) is 14.0. The van der Waals surface area contributed by atoms with Crippen LogP contribution in [0.15, 0.2) is 4.47 Å². The van der Waals surface area contributed by atoms with Gasteiger partial charge in [0.05, 0.1) is 15.9 Å². The van der Waals surface area contributed by atoms with Crippen molar-refractivity contribution in [2.24, 2.45) is 12.5 Å². The van der Waals surface area contributed by atoms with Gasteiger partial charge in [-0.2, -0.15) is 5.10 Å². The van der Waals surface area contributed by atoms with Crippen molar-refractivity contribution in [3.8, 4) is 0 Å². The normalized spacial score (nSPS) is 19.2. The molecule has 2 heterocycles. The first-order chi connectivity index (χ1) is 9.05. The molecular formula is C15H26BrN3. The van der Waals surface area contributed by atoms with Gasteiger partial charge in [-0.15, -0.1) is 0 Å². The summed E-state index contributed by atoms with van der Waals surface area (Å²) in [6.45, 7) is 10.3. The van der Waals surface area contributed by atoms with Gasteiger partial charge >= 0.3 is 0 Å². The van der Waals surface area contributed by atoms with Gasteiger partial charge in [0.15, 0.2) is 0 Å². The van der Waals surface area contributed by atoms with E-state index in [1.54, 1.807) is 0 Å². The number of nitrogens with zero attached hydrogens (tertiary/aromatic N) is 3. The number of hydrogen-bond donors (Lipinski definition) is 0. The molecule has 3 nitrogen and oxygen atoms in total. The fourth-order valence-corrected chi connectivity index (χ4v) is 3.93. The Morgan fingerprint density at radius 2 is 1.95 bits per heavy atom. The fraction of sp³-hybridized carbons (Fsp3) is 0.800. The number of aryl methyl sites for hydroxylation is 2. The standard InChI is InChI=1S/C15H26BrN3/c1-5-12-14(16)13(18(4)17-12)10-19-9-8-15(6-2,7-3)11-19/h5-11H2,1-4H3. The minimum absolute atomic E-state index is 0.554. The molecule has 0 saturated carbocycles. The molecule has 1 fully saturated rings. The van der Waals surface area contributed by atoms with Crippen molar-refractivity contribution in [1.82, 2.24) is 14.7 Å². The molecule has 0 N–H and O–H groups in total. The summed E-state index contributed by atoms with van der Waals surface area (Å²) >= 11 is 3.72. The summed E-state index contributed by atoms with van der Waals surface area (Å²) in [5.74, 6) is 0. The summed E-state index contributed by atoms with van der Waals surface area (Å²) < 4.78 is 3.25. The highest BCUT2D eigenvalue weighted by molar-refractivity contribution is 9.10. The zero-order valence-electron chi connectivity index (χ0n) is 12.7. The lowest BCUT2D eigenvalue weighted by Crippen LogP contribution is -2.26. The van der Waals surface area contributed by atoms with Crippen molar-refractivity contribution in [3.05, 3.63) is 15.9 Å². The average molecular weight is 328 g/mol. The number of halogens is 1. The lowest BCUT2D eigenvalue weighted by Gasteiger charge is -2.26. The molecule has 0 aliphatic carbocycles. The van der Waals surface area contributed by atoms with Crippen LogP contribution in [-0.2, 0) is 20.0 Å². The summed E-state index contributed by atoms with van der Waals surface area (Å²) in [6, 6.07) is 0. The molecule has 1 aromatic rings. The Bertz CT molecular complexity index is 435. The summed E-state index contributed by atoms with van der Waals surface area (Å²) in [5, 5.41) is 4.59. The zero-order valence-corrected chi connectivity index (χ0v) is 14.3. The molecule has 0 spiro atoms. The number of hydrogen-bond acceptors (Lipinski definition) is 2. The van der Waals surface area contributed by atoms with Gasteiger partial charge in [-0.1, -0.05) is 20.8 Å². The van der Waals surface area contributed by atoms with Gasteiger partial charge in [-0.05, 0) is 53.6 Å². The van der Waals surface area contributed by atoms with E-state index >= 15 is 0 Å². The Morgan fingerprint density at radius 1 is 1.26 bits per heavy atom. The van der Waals surface area contributed by atoms with Crippen LogP contribution in [0.1, 0.15) is 51.4 Å². The second-order valence-corrected chi connectivity index (χ2v) is 6.65. The van der Waals surface area contributed by atoms with Crippen molar-refractivity contribution in [1.29, 1.82) is 0 Å². The summed E-state index contributed by atoms with van der Waals surface area (Å²) in [4.78, 5) is 2.59. The summed E-state index contributed by atoms with van der Waals surface area (Å²) in [5.41, 5.74) is 3.05. The minimum atomic E-state index is 0.554. The SMILES string of the molecule is CCc1nn(C)c(CN2CCC(CC)(CC)C2)c1Br. The second kappa shape index (κ2) is 5.96. The molecule has 0 aromatic carbocycles. The van der Waals surface area contributed by atoms with E-state index in [-0.39, 0.29) is 0 Å². The Kier molecular flexibility index (Phi) is 4.72. The van der Waals surface area contributed by atoms with Crippen LogP contribution in [0.5, 0.6) is 0 Å². The van der Waals surface area contributed by atoms with E-state index in [1.807, 2.05) is 4.68 Å². The molecule has 0 amide bonds. The number of likely N-dealkylation sites (tertiary alicyclic amines) is 1. The molecule has 4 heteroatoms. The number of aromatic nitrogens is 2. The Labute approximate surface area is 125 Å². The molecule has 1 aliphatic heterocycles. The monoisotopic (exact) mass is 327 g/mol. The maximum Gasteiger partial charge on any atom is 0.0767 e. The molecule has 1 aromatic heterocycles. The van der Waals surface area contributed by atoms with Gasteiger partial charge in [0.25, 0.3) is 0 Å². The lowest BCUT2D eigenvalue weighted by atomic mass is 9.82. The van der Waals surface area contributed by atoms with Crippen molar-refractivity contribution in [2.75, 3.05) is 13.1 Å². The van der Waals surface area contributed by atoms with E-state index in [0.29, 0.717) is 5.41 Å². The topological polar surface area (TPSA) is 21.1 Å².